The summed E-state index contributed by atoms with van der Waals surface area (Å²) in [4.78, 5) is 47.2. The van der Waals surface area contributed by atoms with Crippen molar-refractivity contribution >= 4 is 33.7 Å². The van der Waals surface area contributed by atoms with E-state index in [1.165, 1.54) is 4.57 Å². The number of nitrogens with one attached hydrogen (secondary N) is 3. The summed E-state index contributed by atoms with van der Waals surface area (Å²) in [7, 11) is 0. The number of amides is 1. The number of aromatic nitrogens is 4. The van der Waals surface area contributed by atoms with Crippen molar-refractivity contribution in [3.63, 3.8) is 0 Å². The molecule has 0 atom stereocenters. The Morgan fingerprint density at radius 1 is 0.969 bits per heavy atom. The van der Waals surface area contributed by atoms with Crippen LogP contribution < -0.4 is 16.4 Å². The molecule has 8 heteroatoms. The third-order valence-electron chi connectivity index (χ3n) is 5.34. The first-order valence-electron chi connectivity index (χ1n) is 10.2. The molecule has 5 aromatic rings. The normalized spacial score (nSPS) is 11.2. The van der Waals surface area contributed by atoms with Crippen molar-refractivity contribution in [2.75, 3.05) is 5.32 Å². The fourth-order valence-electron chi connectivity index (χ4n) is 3.77. The van der Waals surface area contributed by atoms with Gasteiger partial charge in [0.2, 0.25) is 0 Å². The van der Waals surface area contributed by atoms with Gasteiger partial charge in [0.05, 0.1) is 22.1 Å². The van der Waals surface area contributed by atoms with Gasteiger partial charge in [-0.25, -0.2) is 4.98 Å². The van der Waals surface area contributed by atoms with Crippen molar-refractivity contribution < 1.29 is 4.79 Å². The van der Waals surface area contributed by atoms with Crippen molar-refractivity contribution in [3.8, 4) is 11.4 Å². The van der Waals surface area contributed by atoms with Gasteiger partial charge in [-0.1, -0.05) is 24.3 Å². The zero-order valence-electron chi connectivity index (χ0n) is 17.2. The Balaban J connectivity index is 1.45. The average Bonchev–Trinajstić information content (AvgIpc) is 3.24. The van der Waals surface area contributed by atoms with Gasteiger partial charge in [-0.3, -0.25) is 14.4 Å². The number of carbonyl (C=O) groups excluding carboxylic acids is 1. The van der Waals surface area contributed by atoms with Crippen LogP contribution in [0.25, 0.3) is 33.5 Å². The standard InChI is InChI=1S/C24H19N5O3/c1-2-29-20-11-10-15(13-19(20)28-23(31)24(29)32)22(30)25-16-7-5-6-14(12-16)21-26-17-8-3-4-9-18(17)27-21/h3-13H,2H2,1H3,(H,25,30)(H,26,27)(H,28,31). The Hall–Kier alpha value is -4.46. The van der Waals surface area contributed by atoms with Gasteiger partial charge in [0.15, 0.2) is 0 Å². The minimum atomic E-state index is -0.713. The number of aryl methyl sites for hydroxylation is 1. The fourth-order valence-corrected chi connectivity index (χ4v) is 3.77. The SMILES string of the molecule is CCn1c(=O)c(=O)[nH]c2cc(C(=O)Nc3cccc(-c4nc5ccccc5[nH]4)c3)ccc21. The topological polar surface area (TPSA) is 113 Å². The van der Waals surface area contributed by atoms with Crippen LogP contribution in [-0.4, -0.2) is 25.4 Å². The predicted octanol–water partition coefficient (Wildman–Crippen LogP) is 3.51. The number of nitrogens with zero attached hydrogens (tertiary/aromatic N) is 2. The van der Waals surface area contributed by atoms with Crippen molar-refractivity contribution in [2.24, 2.45) is 0 Å². The van der Waals surface area contributed by atoms with E-state index in [0.717, 1.165) is 16.6 Å². The molecule has 1 amide bonds. The molecule has 5 rings (SSSR count). The Kier molecular flexibility index (Phi) is 4.67. The minimum Gasteiger partial charge on any atom is -0.338 e. The maximum absolute atomic E-state index is 12.9. The maximum atomic E-state index is 12.9. The predicted molar refractivity (Wildman–Crippen MR) is 124 cm³/mol. The molecule has 158 valence electrons. The second-order valence-corrected chi connectivity index (χ2v) is 7.37. The van der Waals surface area contributed by atoms with Gasteiger partial charge in [0.1, 0.15) is 5.82 Å². The van der Waals surface area contributed by atoms with Crippen molar-refractivity contribution in [3.05, 3.63) is 93.0 Å². The van der Waals surface area contributed by atoms with Gasteiger partial charge in [-0.15, -0.1) is 0 Å². The fraction of sp³-hybridized carbons (Fsp3) is 0.0833. The summed E-state index contributed by atoms with van der Waals surface area (Å²) in [5.41, 5.74) is 3.30. The van der Waals surface area contributed by atoms with Gasteiger partial charge in [0.25, 0.3) is 5.91 Å². The summed E-state index contributed by atoms with van der Waals surface area (Å²) in [5.74, 6) is 0.381. The lowest BCUT2D eigenvalue weighted by Gasteiger charge is -2.10. The second-order valence-electron chi connectivity index (χ2n) is 7.37. The van der Waals surface area contributed by atoms with Gasteiger partial charge in [0, 0.05) is 23.4 Å². The average molecular weight is 425 g/mol. The van der Waals surface area contributed by atoms with E-state index >= 15 is 0 Å². The molecule has 0 aliphatic rings. The Morgan fingerprint density at radius 3 is 2.62 bits per heavy atom. The van der Waals surface area contributed by atoms with Crippen LogP contribution in [0.5, 0.6) is 0 Å². The summed E-state index contributed by atoms with van der Waals surface area (Å²) in [6.45, 7) is 2.15. The van der Waals surface area contributed by atoms with Crippen LogP contribution in [0.2, 0.25) is 0 Å². The first kappa shape index (κ1) is 19.5. The number of carbonyl (C=O) groups is 1. The Bertz CT molecular complexity index is 1580. The highest BCUT2D eigenvalue weighted by atomic mass is 16.2. The lowest BCUT2D eigenvalue weighted by Crippen LogP contribution is -2.36. The second kappa shape index (κ2) is 7.66. The minimum absolute atomic E-state index is 0.330. The molecule has 0 radical (unpaired) electrons. The number of benzene rings is 3. The van der Waals surface area contributed by atoms with E-state index < -0.39 is 11.1 Å². The molecule has 32 heavy (non-hydrogen) atoms. The first-order valence-corrected chi connectivity index (χ1v) is 10.2. The number of rotatable bonds is 4. The highest BCUT2D eigenvalue weighted by Gasteiger charge is 2.12. The molecule has 2 aromatic heterocycles. The van der Waals surface area contributed by atoms with Crippen molar-refractivity contribution in [2.45, 2.75) is 13.5 Å². The molecule has 0 saturated carbocycles. The van der Waals surface area contributed by atoms with Gasteiger partial charge < -0.3 is 19.9 Å². The summed E-state index contributed by atoms with van der Waals surface area (Å²) in [6, 6.07) is 20.0. The van der Waals surface area contributed by atoms with Crippen LogP contribution in [0.3, 0.4) is 0 Å². The maximum Gasteiger partial charge on any atom is 0.316 e. The number of hydrogen-bond donors (Lipinski definition) is 3. The van der Waals surface area contributed by atoms with E-state index in [2.05, 4.69) is 20.3 Å². The molecule has 3 aromatic carbocycles. The number of hydrogen-bond acceptors (Lipinski definition) is 4. The third kappa shape index (κ3) is 3.37. The van der Waals surface area contributed by atoms with E-state index in [4.69, 9.17) is 0 Å². The smallest absolute Gasteiger partial charge is 0.316 e. The zero-order valence-corrected chi connectivity index (χ0v) is 17.2. The highest BCUT2D eigenvalue weighted by Crippen LogP contribution is 2.23. The number of imidazole rings is 1. The van der Waals surface area contributed by atoms with Crippen molar-refractivity contribution in [1.82, 2.24) is 19.5 Å². The summed E-state index contributed by atoms with van der Waals surface area (Å²) >= 11 is 0. The Labute approximate surface area is 181 Å². The molecule has 0 fully saturated rings. The van der Waals surface area contributed by atoms with E-state index in [1.54, 1.807) is 31.2 Å². The summed E-state index contributed by atoms with van der Waals surface area (Å²) < 4.78 is 1.38. The Morgan fingerprint density at radius 2 is 1.81 bits per heavy atom. The van der Waals surface area contributed by atoms with Crippen LogP contribution in [0.4, 0.5) is 5.69 Å². The largest absolute Gasteiger partial charge is 0.338 e. The van der Waals surface area contributed by atoms with E-state index in [1.807, 2.05) is 42.5 Å². The summed E-state index contributed by atoms with van der Waals surface area (Å²) in [6.07, 6.45) is 0. The molecule has 0 spiro atoms. The highest BCUT2D eigenvalue weighted by molar-refractivity contribution is 6.06. The quantitative estimate of drug-likeness (QED) is 0.383. The lowest BCUT2D eigenvalue weighted by atomic mass is 10.1. The zero-order chi connectivity index (χ0) is 22.2. The molecule has 0 aliphatic heterocycles. The van der Waals surface area contributed by atoms with Gasteiger partial charge in [-0.2, -0.15) is 0 Å². The molecule has 2 heterocycles. The number of H-pyrrole nitrogens is 2. The lowest BCUT2D eigenvalue weighted by molar-refractivity contribution is 0.102. The van der Waals surface area contributed by atoms with Crippen LogP contribution in [0, 0.1) is 0 Å². The molecular formula is C24H19N5O3. The number of fused-ring (bicyclic) bond motifs is 2. The van der Waals surface area contributed by atoms with E-state index in [9.17, 15) is 14.4 Å². The third-order valence-corrected chi connectivity index (χ3v) is 5.34. The summed E-state index contributed by atoms with van der Waals surface area (Å²) in [5, 5.41) is 2.88. The van der Waals surface area contributed by atoms with Crippen molar-refractivity contribution in [1.29, 1.82) is 0 Å². The molecule has 8 nitrogen and oxygen atoms in total. The van der Waals surface area contributed by atoms with Gasteiger partial charge in [-0.05, 0) is 49.4 Å². The molecule has 3 N–H and O–H groups in total. The molecule has 0 unspecified atom stereocenters. The molecule has 0 bridgehead atoms. The van der Waals surface area contributed by atoms with Crippen LogP contribution in [0.15, 0.2) is 76.3 Å². The first-order chi connectivity index (χ1) is 15.5. The van der Waals surface area contributed by atoms with E-state index in [-0.39, 0.29) is 5.91 Å². The number of para-hydroxylation sites is 2. The number of aromatic amines is 2. The molecular weight excluding hydrogens is 406 g/mol. The van der Waals surface area contributed by atoms with E-state index in [0.29, 0.717) is 34.7 Å². The number of anilines is 1. The van der Waals surface area contributed by atoms with Gasteiger partial charge >= 0.3 is 11.1 Å². The monoisotopic (exact) mass is 425 g/mol. The van der Waals surface area contributed by atoms with Crippen LogP contribution in [0.1, 0.15) is 17.3 Å². The van der Waals surface area contributed by atoms with Crippen LogP contribution >= 0.6 is 0 Å². The molecule has 0 aliphatic carbocycles. The van der Waals surface area contributed by atoms with Crippen LogP contribution in [-0.2, 0) is 6.54 Å². The molecule has 0 saturated heterocycles.